The highest BCUT2D eigenvalue weighted by molar-refractivity contribution is 5.93. The summed E-state index contributed by atoms with van der Waals surface area (Å²) in [5.41, 5.74) is 13.3. The number of rotatable bonds is 36. The molecule has 492 valence electrons. The maximum atomic E-state index is 14.5. The molecule has 0 radical (unpaired) electrons. The molecule has 0 bridgehead atoms. The number of benzene rings is 3. The number of aliphatic imine (C=N–C) groups is 1. The van der Waals surface area contributed by atoms with Gasteiger partial charge in [-0.25, -0.2) is 4.79 Å². The lowest BCUT2D eigenvalue weighted by Crippen LogP contribution is -2.59. The van der Waals surface area contributed by atoms with E-state index >= 15 is 0 Å². The molecule has 0 spiro atoms. The Morgan fingerprint density at radius 1 is 0.611 bits per heavy atom. The normalized spacial score (nSPS) is 15.1. The van der Waals surface area contributed by atoms with Crippen LogP contribution < -0.4 is 58.7 Å². The van der Waals surface area contributed by atoms with E-state index in [2.05, 4.69) is 47.5 Å². The van der Waals surface area contributed by atoms with Crippen LogP contribution in [0.2, 0.25) is 0 Å². The minimum Gasteiger partial charge on any atom is -0.508 e. The second kappa shape index (κ2) is 40.3. The number of nitrogens with zero attached hydrogens (tertiary/aromatic N) is 5. The predicted octanol–water partition coefficient (Wildman–Crippen LogP) is -2.53. The summed E-state index contributed by atoms with van der Waals surface area (Å²) in [4.78, 5) is 149. The third kappa shape index (κ3) is 29.1. The molecule has 1 aliphatic heterocycles. The van der Waals surface area contributed by atoms with E-state index in [9.17, 15) is 73.2 Å². The Bertz CT molecular complexity index is 2840. The second-order valence-corrected chi connectivity index (χ2v) is 21.0. The van der Waals surface area contributed by atoms with Crippen molar-refractivity contribution in [2.45, 2.75) is 76.2 Å². The maximum Gasteiger partial charge on any atom is 0.344 e. The molecular weight excluding hydrogens is 1170 g/mol. The van der Waals surface area contributed by atoms with Crippen LogP contribution in [0.3, 0.4) is 0 Å². The molecule has 31 nitrogen and oxygen atoms in total. The highest BCUT2D eigenvalue weighted by Crippen LogP contribution is 2.28. The number of amides is 8. The molecule has 3 aromatic carbocycles. The number of carboxylic acids is 3. The van der Waals surface area contributed by atoms with E-state index in [0.717, 1.165) is 0 Å². The molecule has 0 aromatic heterocycles. The van der Waals surface area contributed by atoms with Crippen molar-refractivity contribution in [1.29, 1.82) is 0 Å². The third-order valence-corrected chi connectivity index (χ3v) is 14.0. The summed E-state index contributed by atoms with van der Waals surface area (Å²) in [6.45, 7) is 1.69. The number of nitrogens with one attached hydrogen (secondary N) is 8. The Morgan fingerprint density at radius 3 is 1.77 bits per heavy atom. The third-order valence-electron chi connectivity index (χ3n) is 14.0. The monoisotopic (exact) mass is 1260 g/mol. The van der Waals surface area contributed by atoms with Crippen molar-refractivity contribution in [1.82, 2.24) is 62.1 Å². The molecule has 4 rings (SSSR count). The molecule has 0 saturated carbocycles. The minimum absolute atomic E-state index is 0.0177. The molecule has 1 heterocycles. The number of ether oxygens (including phenoxy) is 1. The number of carboxylic acid groups (broad SMARTS) is 3. The summed E-state index contributed by atoms with van der Waals surface area (Å²) >= 11 is 0. The fourth-order valence-corrected chi connectivity index (χ4v) is 9.32. The summed E-state index contributed by atoms with van der Waals surface area (Å²) in [5.74, 6) is -7.48. The first-order valence-electron chi connectivity index (χ1n) is 29.5. The van der Waals surface area contributed by atoms with E-state index in [0.29, 0.717) is 54.4 Å². The van der Waals surface area contributed by atoms with Crippen LogP contribution in [0.1, 0.15) is 68.1 Å². The Balaban J connectivity index is 1.34. The average Bonchev–Trinajstić information content (AvgIpc) is 1.01. The first-order valence-corrected chi connectivity index (χ1v) is 29.5. The molecule has 1 fully saturated rings. The van der Waals surface area contributed by atoms with E-state index in [1.165, 1.54) is 12.1 Å². The van der Waals surface area contributed by atoms with Crippen molar-refractivity contribution >= 4 is 71.6 Å². The molecular formula is C59H85N15O16. The van der Waals surface area contributed by atoms with Gasteiger partial charge < -0.3 is 78.6 Å². The van der Waals surface area contributed by atoms with E-state index in [1.54, 1.807) is 93.3 Å². The number of aliphatic carboxylic acids is 3. The van der Waals surface area contributed by atoms with Gasteiger partial charge in [-0.3, -0.25) is 68.1 Å². The van der Waals surface area contributed by atoms with E-state index in [4.69, 9.17) is 16.2 Å². The Kier molecular flexibility index (Phi) is 32.7. The van der Waals surface area contributed by atoms with Crippen LogP contribution in [-0.4, -0.2) is 241 Å². The number of aromatic hydroxyl groups is 1. The van der Waals surface area contributed by atoms with Gasteiger partial charge in [0.2, 0.25) is 35.4 Å². The Morgan fingerprint density at radius 2 is 1.18 bits per heavy atom. The van der Waals surface area contributed by atoms with Gasteiger partial charge >= 0.3 is 23.9 Å². The summed E-state index contributed by atoms with van der Waals surface area (Å²) in [6, 6.07) is 18.9. The zero-order valence-electron chi connectivity index (χ0n) is 50.4. The molecule has 90 heavy (non-hydrogen) atoms. The molecule has 3 aromatic rings. The first-order chi connectivity index (χ1) is 43.1. The van der Waals surface area contributed by atoms with Gasteiger partial charge in [-0.1, -0.05) is 61.5 Å². The van der Waals surface area contributed by atoms with Gasteiger partial charge in [0.1, 0.15) is 23.7 Å². The Hall–Kier alpha value is -9.30. The molecule has 0 aliphatic carbocycles. The smallest absolute Gasteiger partial charge is 0.344 e. The van der Waals surface area contributed by atoms with Crippen molar-refractivity contribution in [3.8, 4) is 11.5 Å². The van der Waals surface area contributed by atoms with Crippen molar-refractivity contribution < 1.29 is 77.9 Å². The van der Waals surface area contributed by atoms with E-state index < -0.39 is 104 Å². The van der Waals surface area contributed by atoms with Gasteiger partial charge in [0.25, 0.3) is 0 Å². The van der Waals surface area contributed by atoms with Gasteiger partial charge in [-0.05, 0) is 66.6 Å². The Labute approximate surface area is 521 Å². The number of aldehydes is 1. The summed E-state index contributed by atoms with van der Waals surface area (Å²) in [5, 5.41) is 60.2. The lowest BCUT2D eigenvalue weighted by molar-refractivity contribution is -0.140. The number of hydrogen-bond acceptors (Lipinski definition) is 18. The van der Waals surface area contributed by atoms with Gasteiger partial charge in [0, 0.05) is 91.5 Å². The van der Waals surface area contributed by atoms with Crippen molar-refractivity contribution in [3.63, 3.8) is 0 Å². The topological polar surface area (TPSA) is 452 Å². The largest absolute Gasteiger partial charge is 0.508 e. The predicted molar refractivity (Wildman–Crippen MR) is 327 cm³/mol. The lowest BCUT2D eigenvalue weighted by atomic mass is 9.90. The number of guanidine groups is 1. The number of nitrogens with two attached hydrogens (primary N) is 2. The average molecular weight is 1260 g/mol. The number of carbonyl (C=O) groups is 11. The molecule has 1 unspecified atom stereocenters. The van der Waals surface area contributed by atoms with Gasteiger partial charge in [-0.2, -0.15) is 4.99 Å². The number of phenolic OH excluding ortho intramolecular Hbond substituents is 1. The zero-order valence-corrected chi connectivity index (χ0v) is 50.4. The fraction of sp³-hybridized carbons (Fsp3) is 0.492. The molecule has 4 atom stereocenters. The highest BCUT2D eigenvalue weighted by Gasteiger charge is 2.31. The van der Waals surface area contributed by atoms with Crippen LogP contribution in [0.4, 0.5) is 4.79 Å². The van der Waals surface area contributed by atoms with Crippen LogP contribution in [0.15, 0.2) is 83.9 Å². The van der Waals surface area contributed by atoms with E-state index in [1.807, 2.05) is 0 Å². The zero-order chi connectivity index (χ0) is 65.8. The van der Waals surface area contributed by atoms with Gasteiger partial charge in [0.15, 0.2) is 12.2 Å². The second-order valence-electron chi connectivity index (χ2n) is 21.0. The number of unbranched alkanes of at least 4 members (excludes halogenated alkanes) is 1. The fourth-order valence-electron chi connectivity index (χ4n) is 9.32. The number of urea groups is 1. The van der Waals surface area contributed by atoms with Crippen LogP contribution >= 0.6 is 0 Å². The number of phenols is 1. The van der Waals surface area contributed by atoms with Crippen LogP contribution in [-0.2, 0) is 54.5 Å². The number of carbonyl (C=O) groups excluding carboxylic acids is 8. The lowest BCUT2D eigenvalue weighted by Gasteiger charge is -2.36. The summed E-state index contributed by atoms with van der Waals surface area (Å²) in [6.07, 6.45) is 0.231. The molecule has 8 amide bonds. The molecule has 1 saturated heterocycles. The minimum atomic E-state index is -1.42. The van der Waals surface area contributed by atoms with Crippen molar-refractivity contribution in [2.75, 3.05) is 111 Å². The van der Waals surface area contributed by atoms with E-state index in [-0.39, 0.29) is 122 Å². The van der Waals surface area contributed by atoms with Crippen LogP contribution in [0.5, 0.6) is 11.5 Å². The molecule has 1 aliphatic rings. The first kappa shape index (κ1) is 73.2. The quantitative estimate of drug-likeness (QED) is 0.0124. The standard InChI is InChI=1S/C59H85N15O16/c1-2-49(78)63-21-22-65-59(89)70-58(61)64-20-9-14-45(55(86)66-34-40-15-17-43(76)18-16-40)69-57(88)54(41-10-4-3-5-11-41)42-12-8-13-44(32-42)90-31-7-6-19-62-50(79)35-67-56(87)46(33-47(60)77)68-48(39-75)74-29-27-72(37-52(82)83)25-23-71(36-51(80)81)24-26-73(28-30-74)38-53(84)85/h3-5,8,10-13,15-18,32,39,45-46,48,54,68,76H,2,6-7,9,14,19-31,33-38H2,1H3,(H2,60,77)(H,62,79)(H,63,78)(H,66,86)(H,67,87)(H,69,88)(H,80,81)(H,82,83)(H,84,85)(H4,61,64,65,70,89)/t45-,46-,48?,54+/m1/s1. The van der Waals surface area contributed by atoms with Crippen molar-refractivity contribution in [3.05, 3.63) is 95.6 Å². The van der Waals surface area contributed by atoms with Crippen LogP contribution in [0, 0.1) is 0 Å². The molecule has 16 N–H and O–H groups in total. The highest BCUT2D eigenvalue weighted by atomic mass is 16.5. The SMILES string of the molecule is CCC(=O)NCCNC(=O)/N=C(/N)NCCC[C@@H](NC(=O)[C@@H](c1ccccc1)c1cccc(OCCCCNC(=O)CNC(=O)[C@@H](CC(N)=O)NC(C=O)N2CCN(CC(=O)O)CCN(CC(=O)O)CCN(CC(=O)O)CC2)c1)C(=O)NCc1ccc(O)cc1. The number of primary amides is 1. The van der Waals surface area contributed by atoms with Gasteiger partial charge in [0.05, 0.1) is 51.2 Å². The summed E-state index contributed by atoms with van der Waals surface area (Å²) < 4.78 is 6.09. The van der Waals surface area contributed by atoms with Crippen molar-refractivity contribution in [2.24, 2.45) is 16.5 Å². The summed E-state index contributed by atoms with van der Waals surface area (Å²) in [7, 11) is 0. The number of hydrogen-bond donors (Lipinski definition) is 14. The maximum absolute atomic E-state index is 14.5. The molecule has 31 heteroatoms. The van der Waals surface area contributed by atoms with Gasteiger partial charge in [-0.15, -0.1) is 0 Å². The van der Waals surface area contributed by atoms with Crippen LogP contribution in [0.25, 0.3) is 0 Å².